The molecule has 0 aromatic carbocycles. The van der Waals surface area contributed by atoms with Gasteiger partial charge in [0.05, 0.1) is 10.2 Å². The molecule has 0 N–H and O–H groups in total. The van der Waals surface area contributed by atoms with Gasteiger partial charge in [-0.25, -0.2) is 0 Å². The van der Waals surface area contributed by atoms with Crippen molar-refractivity contribution in [2.24, 2.45) is 14.1 Å². The molecule has 156 valence electrons. The third-order valence-corrected chi connectivity index (χ3v) is 6.43. The lowest BCUT2D eigenvalue weighted by Gasteiger charge is -1.99. The Morgan fingerprint density at radius 2 is 1.25 bits per heavy atom. The second-order valence-corrected chi connectivity index (χ2v) is 8.79. The number of hydrogen-bond acceptors (Lipinski definition) is 2. The summed E-state index contributed by atoms with van der Waals surface area (Å²) in [4.78, 5) is 1.39. The van der Waals surface area contributed by atoms with Gasteiger partial charge in [0.1, 0.15) is 4.83 Å². The van der Waals surface area contributed by atoms with Crippen LogP contribution in [0, 0.1) is 0 Å². The van der Waals surface area contributed by atoms with E-state index in [-0.39, 0.29) is 0 Å². The highest BCUT2D eigenvalue weighted by molar-refractivity contribution is 7.17. The molecule has 2 nitrogen and oxygen atoms in total. The van der Waals surface area contributed by atoms with Crippen LogP contribution >= 0.6 is 22.7 Å². The molecule has 4 heterocycles. The van der Waals surface area contributed by atoms with Gasteiger partial charge in [-0.1, -0.05) is 55.4 Å². The number of hydrogen-bond donors (Lipinski definition) is 0. The van der Waals surface area contributed by atoms with E-state index in [9.17, 15) is 0 Å². The van der Waals surface area contributed by atoms with Crippen LogP contribution in [0.1, 0.15) is 78.4 Å². The van der Waals surface area contributed by atoms with E-state index in [4.69, 9.17) is 0 Å². The summed E-state index contributed by atoms with van der Waals surface area (Å²) in [5.41, 5.74) is 4.31. The zero-order valence-electron chi connectivity index (χ0n) is 19.3. The largest absolute Gasteiger partial charge is 0.350 e. The van der Waals surface area contributed by atoms with Gasteiger partial charge in [0.15, 0.2) is 0 Å². The molecule has 0 radical (unpaired) electrons. The molecule has 0 spiro atoms. The molecule has 4 aromatic rings. The average Bonchev–Trinajstić information content (AvgIpc) is 3.44. The van der Waals surface area contributed by atoms with Crippen molar-refractivity contribution in [2.75, 3.05) is 0 Å². The molecule has 4 aromatic heterocycles. The third-order valence-electron chi connectivity index (χ3n) is 4.47. The van der Waals surface area contributed by atoms with Crippen LogP contribution < -0.4 is 0 Å². The van der Waals surface area contributed by atoms with E-state index >= 15 is 0 Å². The summed E-state index contributed by atoms with van der Waals surface area (Å²) in [6.45, 7) is 17.0. The second-order valence-electron chi connectivity index (χ2n) is 6.97. The minimum Gasteiger partial charge on any atom is -0.350 e. The second kappa shape index (κ2) is 11.5. The van der Waals surface area contributed by atoms with Crippen LogP contribution in [0.5, 0.6) is 0 Å². The number of fused-ring (bicyclic) bond motifs is 2. The molecular formula is C24H38N2S2. The van der Waals surface area contributed by atoms with Gasteiger partial charge in [-0.15, -0.1) is 22.7 Å². The highest BCUT2D eigenvalue weighted by Gasteiger charge is 2.10. The van der Waals surface area contributed by atoms with Crippen LogP contribution in [0.3, 0.4) is 0 Å². The van der Waals surface area contributed by atoms with Gasteiger partial charge in [-0.3, -0.25) is 0 Å². The molecule has 0 fully saturated rings. The molecule has 0 aliphatic rings. The number of rotatable bonds is 2. The Morgan fingerprint density at radius 1 is 0.714 bits per heavy atom. The Labute approximate surface area is 179 Å². The van der Waals surface area contributed by atoms with Gasteiger partial charge in [-0.05, 0) is 45.9 Å². The molecule has 0 amide bonds. The fourth-order valence-electron chi connectivity index (χ4n) is 3.14. The molecule has 0 saturated carbocycles. The molecule has 0 aliphatic heterocycles. The quantitative estimate of drug-likeness (QED) is 0.308. The topological polar surface area (TPSA) is 9.86 Å². The number of aromatic nitrogens is 2. The van der Waals surface area contributed by atoms with Crippen LogP contribution in [0.2, 0.25) is 0 Å². The van der Waals surface area contributed by atoms with Crippen molar-refractivity contribution in [1.82, 2.24) is 9.13 Å². The first-order chi connectivity index (χ1) is 13.4. The number of thiophene rings is 2. The SMILES string of the molecule is CC.CC.CC(C)c1cn(C)c2ccsc12.CC(C)c1cn(C)c2sccc12. The highest BCUT2D eigenvalue weighted by atomic mass is 32.1. The normalized spacial score (nSPS) is 10.4. The molecule has 0 atom stereocenters. The maximum Gasteiger partial charge on any atom is 0.102 e. The number of aryl methyl sites for hydroxylation is 2. The molecule has 4 rings (SSSR count). The maximum atomic E-state index is 2.24. The lowest BCUT2D eigenvalue weighted by Crippen LogP contribution is -1.84. The summed E-state index contributed by atoms with van der Waals surface area (Å²) in [5.74, 6) is 1.26. The fourth-order valence-corrected chi connectivity index (χ4v) is 5.09. The highest BCUT2D eigenvalue weighted by Crippen LogP contribution is 2.31. The average molecular weight is 419 g/mol. The van der Waals surface area contributed by atoms with Gasteiger partial charge in [0.2, 0.25) is 0 Å². The molecule has 28 heavy (non-hydrogen) atoms. The Kier molecular flexibility index (Phi) is 10.0. The first-order valence-electron chi connectivity index (χ1n) is 10.4. The maximum absolute atomic E-state index is 2.24. The minimum atomic E-state index is 0.628. The third kappa shape index (κ3) is 5.30. The number of nitrogens with zero attached hydrogens (tertiary/aromatic N) is 2. The first-order valence-corrected chi connectivity index (χ1v) is 12.2. The Hall–Kier alpha value is -1.52. The summed E-state index contributed by atoms with van der Waals surface area (Å²) in [7, 11) is 4.23. The fraction of sp³-hybridized carbons (Fsp3) is 0.500. The standard InChI is InChI=1S/2C10H13NS.2C2H6/c1-7(2)8-6-11(3)9-4-5-12-10(8)9;1-7(2)9-6-11(3)10-8(9)4-5-12-10;2*1-2/h2*4-7H,1-3H3;2*1-2H3. The minimum absolute atomic E-state index is 0.628. The van der Waals surface area contributed by atoms with Crippen LogP contribution in [-0.2, 0) is 14.1 Å². The summed E-state index contributed by atoms with van der Waals surface area (Å²) in [6, 6.07) is 4.40. The van der Waals surface area contributed by atoms with Gasteiger partial charge in [0, 0.05) is 31.9 Å². The van der Waals surface area contributed by atoms with E-state index < -0.39 is 0 Å². The van der Waals surface area contributed by atoms with Gasteiger partial charge in [-0.2, -0.15) is 0 Å². The summed E-state index contributed by atoms with van der Waals surface area (Å²) in [6.07, 6.45) is 4.48. The zero-order valence-corrected chi connectivity index (χ0v) is 21.0. The zero-order chi connectivity index (χ0) is 21.4. The lowest BCUT2D eigenvalue weighted by atomic mass is 10.1. The van der Waals surface area contributed by atoms with E-state index in [1.165, 1.54) is 31.6 Å². The van der Waals surface area contributed by atoms with Gasteiger partial charge in [0.25, 0.3) is 0 Å². The Balaban J connectivity index is 0.000000238. The van der Waals surface area contributed by atoms with E-state index in [1.807, 2.05) is 50.4 Å². The molecule has 0 aliphatic carbocycles. The Bertz CT molecular complexity index is 869. The van der Waals surface area contributed by atoms with Crippen molar-refractivity contribution in [3.8, 4) is 0 Å². The van der Waals surface area contributed by atoms with Crippen LogP contribution in [0.25, 0.3) is 20.4 Å². The van der Waals surface area contributed by atoms with E-state index in [0.29, 0.717) is 11.8 Å². The van der Waals surface area contributed by atoms with Crippen molar-refractivity contribution < 1.29 is 0 Å². The van der Waals surface area contributed by atoms with Crippen LogP contribution in [0.15, 0.2) is 35.3 Å². The van der Waals surface area contributed by atoms with E-state index in [2.05, 4.69) is 86.2 Å². The van der Waals surface area contributed by atoms with Gasteiger partial charge < -0.3 is 9.13 Å². The summed E-state index contributed by atoms with van der Waals surface area (Å²) < 4.78 is 5.88. The first kappa shape index (κ1) is 24.5. The predicted octanol–water partition coefficient (Wildman–Crippen LogP) is 8.78. The van der Waals surface area contributed by atoms with E-state index in [0.717, 1.165) is 0 Å². The summed E-state index contributed by atoms with van der Waals surface area (Å²) in [5, 5.41) is 5.75. The molecule has 4 heteroatoms. The van der Waals surface area contributed by atoms with Crippen molar-refractivity contribution in [2.45, 2.75) is 67.2 Å². The molecule has 0 bridgehead atoms. The smallest absolute Gasteiger partial charge is 0.102 e. The van der Waals surface area contributed by atoms with Crippen LogP contribution in [-0.4, -0.2) is 9.13 Å². The van der Waals surface area contributed by atoms with Crippen molar-refractivity contribution in [3.63, 3.8) is 0 Å². The van der Waals surface area contributed by atoms with Gasteiger partial charge >= 0.3 is 0 Å². The van der Waals surface area contributed by atoms with Crippen molar-refractivity contribution in [3.05, 3.63) is 46.4 Å². The van der Waals surface area contributed by atoms with Crippen LogP contribution in [0.4, 0.5) is 0 Å². The van der Waals surface area contributed by atoms with Crippen molar-refractivity contribution in [1.29, 1.82) is 0 Å². The Morgan fingerprint density at radius 3 is 1.82 bits per heavy atom. The van der Waals surface area contributed by atoms with Crippen molar-refractivity contribution >= 4 is 43.1 Å². The predicted molar refractivity (Wildman–Crippen MR) is 132 cm³/mol. The molecule has 0 saturated heterocycles. The summed E-state index contributed by atoms with van der Waals surface area (Å²) >= 11 is 3.66. The van der Waals surface area contributed by atoms with E-state index in [1.54, 1.807) is 0 Å². The monoisotopic (exact) mass is 418 g/mol. The lowest BCUT2D eigenvalue weighted by molar-refractivity contribution is 0.857. The molecular weight excluding hydrogens is 380 g/mol. The molecule has 0 unspecified atom stereocenters.